The van der Waals surface area contributed by atoms with E-state index >= 15 is 0 Å². The van der Waals surface area contributed by atoms with Gasteiger partial charge >= 0.3 is 0 Å². The maximum Gasteiger partial charge on any atom is 0.242 e. The molecule has 2 aromatic carbocycles. The van der Waals surface area contributed by atoms with Crippen molar-refractivity contribution in [3.8, 4) is 0 Å². The predicted octanol–water partition coefficient (Wildman–Crippen LogP) is 4.84. The number of hydrogen-bond donors (Lipinski definition) is 1. The summed E-state index contributed by atoms with van der Waals surface area (Å²) in [4.78, 5) is 22.9. The second kappa shape index (κ2) is 8.23. The van der Waals surface area contributed by atoms with Crippen LogP contribution in [0.15, 0.2) is 54.7 Å². The highest BCUT2D eigenvalue weighted by Gasteiger charge is 2.21. The number of H-pyrrole nitrogens is 1. The number of nitrogens with zero attached hydrogens (tertiary/aromatic N) is 3. The molecule has 0 radical (unpaired) electrons. The van der Waals surface area contributed by atoms with Crippen LogP contribution in [0.1, 0.15) is 17.8 Å². The summed E-state index contributed by atoms with van der Waals surface area (Å²) >= 11 is 1.70. The number of rotatable bonds is 5. The van der Waals surface area contributed by atoms with Gasteiger partial charge in [-0.1, -0.05) is 18.2 Å². The Hall–Kier alpha value is -3.06. The van der Waals surface area contributed by atoms with Gasteiger partial charge in [-0.2, -0.15) is 11.8 Å². The van der Waals surface area contributed by atoms with Gasteiger partial charge in [0.15, 0.2) is 0 Å². The number of imidazole rings is 1. The Labute approximate surface area is 183 Å². The molecule has 5 nitrogen and oxygen atoms in total. The minimum Gasteiger partial charge on any atom is -0.360 e. The number of fused-ring (bicyclic) bond motifs is 2. The SMILES string of the molecule is CSCc1nc2ccccc2n1CC(=O)N1CC=C(c2c[nH]c3cc(F)ccc23)CC1. The number of carbonyl (C=O) groups is 1. The van der Waals surface area contributed by atoms with Crippen LogP contribution in [0.4, 0.5) is 4.39 Å². The average Bonchev–Trinajstić information content (AvgIpc) is 3.35. The Morgan fingerprint density at radius 3 is 2.94 bits per heavy atom. The van der Waals surface area contributed by atoms with Gasteiger partial charge < -0.3 is 14.5 Å². The number of aromatic nitrogens is 3. The number of aromatic amines is 1. The van der Waals surface area contributed by atoms with Gasteiger partial charge in [0, 0.05) is 35.8 Å². The Kier molecular flexibility index (Phi) is 5.28. The lowest BCUT2D eigenvalue weighted by Crippen LogP contribution is -2.37. The number of thioether (sulfide) groups is 1. The van der Waals surface area contributed by atoms with Crippen LogP contribution < -0.4 is 0 Å². The third-order valence-corrected chi connectivity index (χ3v) is 6.40. The summed E-state index contributed by atoms with van der Waals surface area (Å²) in [6.07, 6.45) is 6.86. The first kappa shape index (κ1) is 19.9. The molecule has 0 saturated heterocycles. The van der Waals surface area contributed by atoms with Crippen molar-refractivity contribution in [1.82, 2.24) is 19.4 Å². The second-order valence-electron chi connectivity index (χ2n) is 7.75. The van der Waals surface area contributed by atoms with Crippen LogP contribution in [0.3, 0.4) is 0 Å². The fourth-order valence-electron chi connectivity index (χ4n) is 4.28. The van der Waals surface area contributed by atoms with Crippen molar-refractivity contribution in [2.24, 2.45) is 0 Å². The topological polar surface area (TPSA) is 53.9 Å². The second-order valence-corrected chi connectivity index (χ2v) is 8.61. The van der Waals surface area contributed by atoms with E-state index in [0.29, 0.717) is 19.6 Å². The van der Waals surface area contributed by atoms with E-state index in [1.54, 1.807) is 11.8 Å². The molecule has 3 heterocycles. The predicted molar refractivity (Wildman–Crippen MR) is 124 cm³/mol. The van der Waals surface area contributed by atoms with E-state index in [4.69, 9.17) is 4.98 Å². The zero-order valence-electron chi connectivity index (χ0n) is 17.3. The molecule has 4 aromatic rings. The summed E-state index contributed by atoms with van der Waals surface area (Å²) in [5.41, 5.74) is 5.00. The molecular weight excluding hydrogens is 411 g/mol. The minimum atomic E-state index is -0.247. The van der Waals surface area contributed by atoms with Gasteiger partial charge in [-0.15, -0.1) is 0 Å². The lowest BCUT2D eigenvalue weighted by atomic mass is 9.99. The van der Waals surface area contributed by atoms with Gasteiger partial charge in [0.25, 0.3) is 0 Å². The number of hydrogen-bond acceptors (Lipinski definition) is 3. The Balaban J connectivity index is 1.35. The van der Waals surface area contributed by atoms with Crippen LogP contribution in [-0.2, 0) is 17.1 Å². The number of amides is 1. The zero-order valence-corrected chi connectivity index (χ0v) is 18.1. The first-order chi connectivity index (χ1) is 15.1. The Bertz CT molecular complexity index is 1310. The molecule has 158 valence electrons. The van der Waals surface area contributed by atoms with Crippen LogP contribution in [-0.4, -0.2) is 44.7 Å². The van der Waals surface area contributed by atoms with Crippen molar-refractivity contribution < 1.29 is 9.18 Å². The fraction of sp³-hybridized carbons (Fsp3) is 0.250. The monoisotopic (exact) mass is 434 g/mol. The smallest absolute Gasteiger partial charge is 0.242 e. The highest BCUT2D eigenvalue weighted by atomic mass is 32.2. The molecule has 7 heteroatoms. The third-order valence-electron chi connectivity index (χ3n) is 5.85. The Morgan fingerprint density at radius 2 is 2.13 bits per heavy atom. The van der Waals surface area contributed by atoms with Gasteiger partial charge in [0.2, 0.25) is 5.91 Å². The van der Waals surface area contributed by atoms with Crippen molar-refractivity contribution in [1.29, 1.82) is 0 Å². The molecule has 0 saturated carbocycles. The summed E-state index contributed by atoms with van der Waals surface area (Å²) in [6, 6.07) is 12.8. The molecule has 31 heavy (non-hydrogen) atoms. The van der Waals surface area contributed by atoms with Crippen LogP contribution in [0, 0.1) is 5.82 Å². The third kappa shape index (κ3) is 3.74. The molecule has 0 atom stereocenters. The molecule has 5 rings (SSSR count). The zero-order chi connectivity index (χ0) is 21.4. The van der Waals surface area contributed by atoms with E-state index in [0.717, 1.165) is 45.5 Å². The van der Waals surface area contributed by atoms with Crippen molar-refractivity contribution in [3.05, 3.63) is 71.9 Å². The van der Waals surface area contributed by atoms with Crippen molar-refractivity contribution in [3.63, 3.8) is 0 Å². The van der Waals surface area contributed by atoms with E-state index in [9.17, 15) is 9.18 Å². The van der Waals surface area contributed by atoms with E-state index in [-0.39, 0.29) is 11.7 Å². The van der Waals surface area contributed by atoms with Gasteiger partial charge in [0.1, 0.15) is 18.2 Å². The van der Waals surface area contributed by atoms with Gasteiger partial charge in [-0.25, -0.2) is 9.37 Å². The van der Waals surface area contributed by atoms with E-state index in [2.05, 4.69) is 11.1 Å². The van der Waals surface area contributed by atoms with Crippen molar-refractivity contribution in [2.45, 2.75) is 18.7 Å². The molecule has 0 spiro atoms. The maximum absolute atomic E-state index is 13.5. The molecule has 0 unspecified atom stereocenters. The van der Waals surface area contributed by atoms with E-state index < -0.39 is 0 Å². The lowest BCUT2D eigenvalue weighted by Gasteiger charge is -2.27. The summed E-state index contributed by atoms with van der Waals surface area (Å²) < 4.78 is 15.5. The van der Waals surface area contributed by atoms with Crippen LogP contribution >= 0.6 is 11.8 Å². The van der Waals surface area contributed by atoms with Gasteiger partial charge in [0.05, 0.1) is 16.8 Å². The molecule has 1 aliphatic rings. The largest absolute Gasteiger partial charge is 0.360 e. The van der Waals surface area contributed by atoms with Gasteiger partial charge in [-0.05, 0) is 48.6 Å². The van der Waals surface area contributed by atoms with Crippen molar-refractivity contribution in [2.75, 3.05) is 19.3 Å². The standard InChI is InChI=1S/C24H23FN4OS/c1-31-15-23-27-20-4-2-3-5-22(20)29(23)14-24(30)28-10-8-16(9-11-28)19-13-26-21-12-17(25)6-7-18(19)21/h2-8,12-13,26H,9-11,14-15H2,1H3. The molecule has 0 bridgehead atoms. The molecule has 1 amide bonds. The molecule has 0 fully saturated rings. The highest BCUT2D eigenvalue weighted by molar-refractivity contribution is 7.97. The first-order valence-corrected chi connectivity index (χ1v) is 11.7. The average molecular weight is 435 g/mol. The number of carbonyl (C=O) groups excluding carboxylic acids is 1. The number of para-hydroxylation sites is 2. The fourth-order valence-corrected chi connectivity index (χ4v) is 4.76. The lowest BCUT2D eigenvalue weighted by molar-refractivity contribution is -0.131. The van der Waals surface area contributed by atoms with Crippen molar-refractivity contribution >= 4 is 45.2 Å². The molecule has 1 N–H and O–H groups in total. The summed E-state index contributed by atoms with van der Waals surface area (Å²) in [6.45, 7) is 1.54. The minimum absolute atomic E-state index is 0.0989. The summed E-state index contributed by atoms with van der Waals surface area (Å²) in [5, 5.41) is 1.01. The van der Waals surface area contributed by atoms with Crippen LogP contribution in [0.2, 0.25) is 0 Å². The molecule has 1 aliphatic heterocycles. The first-order valence-electron chi connectivity index (χ1n) is 10.3. The number of benzene rings is 2. The quantitative estimate of drug-likeness (QED) is 0.489. The summed E-state index contributed by atoms with van der Waals surface area (Å²) in [7, 11) is 0. The van der Waals surface area contributed by atoms with E-state index in [1.165, 1.54) is 17.7 Å². The van der Waals surface area contributed by atoms with Crippen LogP contribution in [0.5, 0.6) is 0 Å². The van der Waals surface area contributed by atoms with E-state index in [1.807, 2.05) is 52.3 Å². The maximum atomic E-state index is 13.5. The normalized spacial score (nSPS) is 14.4. The molecule has 2 aromatic heterocycles. The number of nitrogens with one attached hydrogen (secondary N) is 1. The summed E-state index contributed by atoms with van der Waals surface area (Å²) in [5.74, 6) is 1.55. The van der Waals surface area contributed by atoms with Crippen LogP contribution in [0.25, 0.3) is 27.5 Å². The van der Waals surface area contributed by atoms with Gasteiger partial charge in [-0.3, -0.25) is 4.79 Å². The Morgan fingerprint density at radius 1 is 1.26 bits per heavy atom. The highest BCUT2D eigenvalue weighted by Crippen LogP contribution is 2.30. The number of halogens is 1. The molecule has 0 aliphatic carbocycles. The molecular formula is C24H23FN4OS.